The number of nitrogens with zero attached hydrogens (tertiary/aromatic N) is 2. The van der Waals surface area contributed by atoms with Gasteiger partial charge < -0.3 is 14.8 Å². The molecule has 0 saturated carbocycles. The minimum Gasteiger partial charge on any atom is -0.487 e. The Kier molecular flexibility index (Phi) is 5.80. The van der Waals surface area contributed by atoms with Gasteiger partial charge in [-0.2, -0.15) is 4.31 Å². The van der Waals surface area contributed by atoms with Crippen molar-refractivity contribution in [3.05, 3.63) is 78.1 Å². The molecule has 1 fully saturated rings. The van der Waals surface area contributed by atoms with E-state index in [0.29, 0.717) is 29.4 Å². The number of carboxylic acid groups (broad SMARTS) is 1. The maximum Gasteiger partial charge on any atom is 0.335 e. The van der Waals surface area contributed by atoms with Gasteiger partial charge in [0.25, 0.3) is 0 Å². The number of H-pyrrole nitrogens is 1. The molecule has 2 N–H and O–H groups in total. The number of benzene rings is 2. The van der Waals surface area contributed by atoms with Crippen molar-refractivity contribution in [1.29, 1.82) is 0 Å². The second-order valence-electron chi connectivity index (χ2n) is 8.17. The van der Waals surface area contributed by atoms with E-state index < -0.39 is 16.0 Å². The molecule has 1 saturated heterocycles. The van der Waals surface area contributed by atoms with Crippen LogP contribution in [0.15, 0.2) is 71.8 Å². The molecule has 0 bridgehead atoms. The number of hydrogen-bond acceptors (Lipinski definition) is 5. The highest BCUT2D eigenvalue weighted by Crippen LogP contribution is 2.30. The van der Waals surface area contributed by atoms with Crippen molar-refractivity contribution in [1.82, 2.24) is 14.3 Å². The number of sulfonamides is 1. The van der Waals surface area contributed by atoms with E-state index in [1.165, 1.54) is 16.4 Å². The largest absolute Gasteiger partial charge is 0.487 e. The second-order valence-corrected chi connectivity index (χ2v) is 10.1. The van der Waals surface area contributed by atoms with Crippen LogP contribution in [0.25, 0.3) is 22.2 Å². The molecule has 0 spiro atoms. The van der Waals surface area contributed by atoms with Gasteiger partial charge in [0, 0.05) is 24.7 Å². The fourth-order valence-corrected chi connectivity index (χ4v) is 5.69. The van der Waals surface area contributed by atoms with Gasteiger partial charge in [0.1, 0.15) is 18.0 Å². The van der Waals surface area contributed by atoms with Crippen LogP contribution in [0.4, 0.5) is 0 Å². The summed E-state index contributed by atoms with van der Waals surface area (Å²) in [6, 6.07) is 17.1. The van der Waals surface area contributed by atoms with Crippen LogP contribution in [0.1, 0.15) is 28.9 Å². The average Bonchev–Trinajstić information content (AvgIpc) is 3.53. The summed E-state index contributed by atoms with van der Waals surface area (Å²) in [5.41, 5.74) is 3.43. The first-order valence-electron chi connectivity index (χ1n) is 11.0. The number of ether oxygens (including phenoxy) is 1. The lowest BCUT2D eigenvalue weighted by Crippen LogP contribution is -2.27. The van der Waals surface area contributed by atoms with Crippen LogP contribution in [0, 0.1) is 0 Å². The zero-order valence-corrected chi connectivity index (χ0v) is 19.1. The van der Waals surface area contributed by atoms with E-state index in [-0.39, 0.29) is 12.2 Å². The van der Waals surface area contributed by atoms with Crippen molar-refractivity contribution >= 4 is 27.0 Å². The van der Waals surface area contributed by atoms with Crippen molar-refractivity contribution in [2.24, 2.45) is 0 Å². The lowest BCUT2D eigenvalue weighted by atomic mass is 10.0. The van der Waals surface area contributed by atoms with Crippen molar-refractivity contribution in [3.63, 3.8) is 0 Å². The summed E-state index contributed by atoms with van der Waals surface area (Å²) >= 11 is 0. The molecule has 3 heterocycles. The Balaban J connectivity index is 1.38. The molecule has 0 radical (unpaired) electrons. The SMILES string of the molecule is O=C(O)c1cccc(OCc2cc3c(-c4ccc(S(=O)(=O)N5CCCC5)cc4)ccnc3[nH]2)c1. The fourth-order valence-electron chi connectivity index (χ4n) is 4.17. The van der Waals surface area contributed by atoms with E-state index in [0.717, 1.165) is 35.0 Å². The molecule has 4 aromatic rings. The van der Waals surface area contributed by atoms with E-state index in [1.807, 2.05) is 24.3 Å². The van der Waals surface area contributed by atoms with Gasteiger partial charge in [-0.15, -0.1) is 0 Å². The number of carboxylic acids is 1. The number of carbonyl (C=O) groups is 1. The summed E-state index contributed by atoms with van der Waals surface area (Å²) in [5, 5.41) is 10.0. The van der Waals surface area contributed by atoms with Gasteiger partial charge in [0.2, 0.25) is 10.0 Å². The van der Waals surface area contributed by atoms with Gasteiger partial charge in [0.15, 0.2) is 0 Å². The topological polar surface area (TPSA) is 113 Å². The van der Waals surface area contributed by atoms with Crippen LogP contribution in [0.3, 0.4) is 0 Å². The molecule has 5 rings (SSSR count). The van der Waals surface area contributed by atoms with E-state index in [4.69, 9.17) is 9.84 Å². The summed E-state index contributed by atoms with van der Waals surface area (Å²) in [6.45, 7) is 1.36. The third-order valence-corrected chi connectivity index (χ3v) is 7.84. The standard InChI is InChI=1S/C25H23N3O5S/c29-25(30)18-4-3-5-20(14-18)33-16-19-15-23-22(10-11-26-24(23)27-19)17-6-8-21(9-7-17)34(31,32)28-12-1-2-13-28/h3-11,14-15H,1-2,12-13,16H2,(H,26,27)(H,29,30). The number of hydrogen-bond donors (Lipinski definition) is 2. The monoisotopic (exact) mass is 477 g/mol. The Hall–Kier alpha value is -3.69. The van der Waals surface area contributed by atoms with Gasteiger partial charge in [-0.05, 0) is 66.4 Å². The molecule has 0 unspecified atom stereocenters. The maximum absolute atomic E-state index is 12.8. The number of aromatic amines is 1. The highest BCUT2D eigenvalue weighted by molar-refractivity contribution is 7.89. The highest BCUT2D eigenvalue weighted by atomic mass is 32.2. The third kappa shape index (κ3) is 4.27. The Bertz CT molecular complexity index is 1460. The predicted molar refractivity (Wildman–Crippen MR) is 127 cm³/mol. The molecule has 1 aliphatic heterocycles. The quantitative estimate of drug-likeness (QED) is 0.411. The summed E-state index contributed by atoms with van der Waals surface area (Å²) < 4.78 is 32.9. The Morgan fingerprint density at radius 1 is 1.06 bits per heavy atom. The highest BCUT2D eigenvalue weighted by Gasteiger charge is 2.27. The first-order valence-corrected chi connectivity index (χ1v) is 12.4. The summed E-state index contributed by atoms with van der Waals surface area (Å²) in [5.74, 6) is -0.550. The van der Waals surface area contributed by atoms with E-state index in [9.17, 15) is 13.2 Å². The molecule has 0 atom stereocenters. The Morgan fingerprint density at radius 3 is 2.56 bits per heavy atom. The summed E-state index contributed by atoms with van der Waals surface area (Å²) in [6.07, 6.45) is 3.50. The van der Waals surface area contributed by atoms with Gasteiger partial charge >= 0.3 is 5.97 Å². The van der Waals surface area contributed by atoms with Crippen LogP contribution >= 0.6 is 0 Å². The fraction of sp³-hybridized carbons (Fsp3) is 0.200. The lowest BCUT2D eigenvalue weighted by Gasteiger charge is -2.15. The molecule has 1 aliphatic rings. The minimum absolute atomic E-state index is 0.160. The van der Waals surface area contributed by atoms with Crippen LogP contribution in [-0.4, -0.2) is 46.9 Å². The second kappa shape index (κ2) is 8.92. The van der Waals surface area contributed by atoms with Crippen LogP contribution in [0.2, 0.25) is 0 Å². The molecule has 0 amide bonds. The third-order valence-electron chi connectivity index (χ3n) is 5.93. The van der Waals surface area contributed by atoms with E-state index >= 15 is 0 Å². The van der Waals surface area contributed by atoms with Crippen molar-refractivity contribution < 1.29 is 23.1 Å². The van der Waals surface area contributed by atoms with Crippen LogP contribution in [-0.2, 0) is 16.6 Å². The zero-order valence-electron chi connectivity index (χ0n) is 18.3. The Labute approximate surface area is 196 Å². The van der Waals surface area contributed by atoms with Gasteiger partial charge in [-0.3, -0.25) is 0 Å². The molecule has 9 heteroatoms. The molecule has 34 heavy (non-hydrogen) atoms. The smallest absolute Gasteiger partial charge is 0.335 e. The molecular weight excluding hydrogens is 454 g/mol. The number of pyridine rings is 1. The molecule has 0 aliphatic carbocycles. The molecular formula is C25H23N3O5S. The number of fused-ring (bicyclic) bond motifs is 1. The van der Waals surface area contributed by atoms with E-state index in [2.05, 4.69) is 9.97 Å². The van der Waals surface area contributed by atoms with Crippen molar-refractivity contribution in [3.8, 4) is 16.9 Å². The molecule has 174 valence electrons. The van der Waals surface area contributed by atoms with Crippen molar-refractivity contribution in [2.45, 2.75) is 24.3 Å². The predicted octanol–water partition coefficient (Wildman–Crippen LogP) is 4.29. The number of nitrogens with one attached hydrogen (secondary N) is 1. The normalized spacial score (nSPS) is 14.5. The molecule has 8 nitrogen and oxygen atoms in total. The van der Waals surface area contributed by atoms with Gasteiger partial charge in [-0.1, -0.05) is 18.2 Å². The number of aromatic nitrogens is 2. The number of rotatable bonds is 7. The van der Waals surface area contributed by atoms with E-state index in [1.54, 1.807) is 30.5 Å². The Morgan fingerprint density at radius 2 is 1.82 bits per heavy atom. The van der Waals surface area contributed by atoms with Crippen LogP contribution in [0.5, 0.6) is 5.75 Å². The van der Waals surface area contributed by atoms with Gasteiger partial charge in [-0.25, -0.2) is 18.2 Å². The lowest BCUT2D eigenvalue weighted by molar-refractivity contribution is 0.0696. The van der Waals surface area contributed by atoms with Gasteiger partial charge in [0.05, 0.1) is 16.2 Å². The first-order chi connectivity index (χ1) is 16.4. The molecule has 2 aromatic heterocycles. The minimum atomic E-state index is -3.46. The summed E-state index contributed by atoms with van der Waals surface area (Å²) in [7, 11) is -3.46. The summed E-state index contributed by atoms with van der Waals surface area (Å²) in [4.78, 5) is 19.1. The van der Waals surface area contributed by atoms with Crippen molar-refractivity contribution in [2.75, 3.05) is 13.1 Å². The average molecular weight is 478 g/mol. The maximum atomic E-state index is 12.8. The number of aromatic carboxylic acids is 1. The first kappa shape index (κ1) is 22.1. The zero-order chi connectivity index (χ0) is 23.7. The van der Waals surface area contributed by atoms with Crippen LogP contribution < -0.4 is 4.74 Å². The molecule has 2 aromatic carbocycles.